The van der Waals surface area contributed by atoms with Crippen molar-refractivity contribution in [3.05, 3.63) is 24.3 Å². The number of alkyl halides is 2. The van der Waals surface area contributed by atoms with Crippen LogP contribution in [0, 0.1) is 5.41 Å². The van der Waals surface area contributed by atoms with E-state index >= 15 is 0 Å². The first kappa shape index (κ1) is 19.7. The number of rotatable bonds is 5. The lowest BCUT2D eigenvalue weighted by Gasteiger charge is -2.35. The van der Waals surface area contributed by atoms with E-state index in [-0.39, 0.29) is 23.9 Å². The van der Waals surface area contributed by atoms with E-state index in [0.29, 0.717) is 31.9 Å². The number of hydrogen-bond donors (Lipinski definition) is 0. The molecule has 1 saturated carbocycles. The van der Waals surface area contributed by atoms with Crippen molar-refractivity contribution >= 4 is 39.1 Å². The lowest BCUT2D eigenvalue weighted by Crippen LogP contribution is -2.52. The number of hydrogen-bond acceptors (Lipinski definition) is 4. The lowest BCUT2D eigenvalue weighted by atomic mass is 10.1. The molecule has 1 aliphatic carbocycles. The zero-order chi connectivity index (χ0) is 19.2. The summed E-state index contributed by atoms with van der Waals surface area (Å²) in [5, 5.41) is 0. The molecule has 6 nitrogen and oxygen atoms in total. The minimum atomic E-state index is -3.60. The van der Waals surface area contributed by atoms with Crippen LogP contribution in [-0.2, 0) is 14.8 Å². The number of halogens is 2. The number of benzene rings is 1. The zero-order valence-corrected chi connectivity index (χ0v) is 17.1. The molecule has 1 atom stereocenters. The van der Waals surface area contributed by atoms with Gasteiger partial charge in [0.2, 0.25) is 15.9 Å². The Morgan fingerprint density at radius 1 is 1.15 bits per heavy atom. The van der Waals surface area contributed by atoms with Crippen molar-refractivity contribution in [3.8, 4) is 5.75 Å². The molecule has 1 unspecified atom stereocenters. The summed E-state index contributed by atoms with van der Waals surface area (Å²) >= 11 is 12.2. The van der Waals surface area contributed by atoms with Gasteiger partial charge in [-0.3, -0.25) is 4.79 Å². The molecule has 1 heterocycles. The SMILES string of the molecule is CCOc1ccc(S(=O)(=O)N2CCN(C(=O)C3(C)CC3(Cl)Cl)CC2)cc1. The van der Waals surface area contributed by atoms with E-state index in [9.17, 15) is 13.2 Å². The first-order chi connectivity index (χ1) is 12.1. The van der Waals surface area contributed by atoms with Crippen LogP contribution < -0.4 is 4.74 Å². The highest BCUT2D eigenvalue weighted by Crippen LogP contribution is 2.64. The predicted molar refractivity (Wildman–Crippen MR) is 100 cm³/mol. The molecular formula is C17H22Cl2N2O4S. The summed E-state index contributed by atoms with van der Waals surface area (Å²) < 4.78 is 31.3. The standard InChI is InChI=1S/C17H22Cl2N2O4S/c1-3-25-13-4-6-14(7-5-13)26(23,24)21-10-8-20(9-11-21)15(22)16(2)12-17(16,18)19/h4-7H,3,8-12H2,1-2H3. The van der Waals surface area contributed by atoms with Crippen LogP contribution in [0.2, 0.25) is 0 Å². The van der Waals surface area contributed by atoms with Crippen molar-refractivity contribution in [2.45, 2.75) is 29.5 Å². The fourth-order valence-electron chi connectivity index (χ4n) is 3.14. The Balaban J connectivity index is 1.64. The minimum absolute atomic E-state index is 0.111. The van der Waals surface area contributed by atoms with Crippen molar-refractivity contribution < 1.29 is 17.9 Å². The van der Waals surface area contributed by atoms with Gasteiger partial charge in [0.25, 0.3) is 0 Å². The quantitative estimate of drug-likeness (QED) is 0.686. The third kappa shape index (κ3) is 3.42. The van der Waals surface area contributed by atoms with Crippen LogP contribution >= 0.6 is 23.2 Å². The third-order valence-corrected chi connectivity index (χ3v) is 8.04. The molecule has 1 amide bonds. The molecule has 9 heteroatoms. The summed E-state index contributed by atoms with van der Waals surface area (Å²) in [5.41, 5.74) is -0.772. The smallest absolute Gasteiger partial charge is 0.243 e. The van der Waals surface area contributed by atoms with Gasteiger partial charge in [-0.05, 0) is 44.5 Å². The molecule has 26 heavy (non-hydrogen) atoms. The van der Waals surface area contributed by atoms with Crippen molar-refractivity contribution in [2.75, 3.05) is 32.8 Å². The van der Waals surface area contributed by atoms with E-state index < -0.39 is 19.8 Å². The highest BCUT2D eigenvalue weighted by Gasteiger charge is 2.68. The van der Waals surface area contributed by atoms with Crippen molar-refractivity contribution in [1.29, 1.82) is 0 Å². The van der Waals surface area contributed by atoms with Gasteiger partial charge in [0.1, 0.15) is 10.1 Å². The van der Waals surface area contributed by atoms with Gasteiger partial charge < -0.3 is 9.64 Å². The first-order valence-corrected chi connectivity index (χ1v) is 10.7. The Morgan fingerprint density at radius 2 is 1.69 bits per heavy atom. The van der Waals surface area contributed by atoms with Gasteiger partial charge in [0.15, 0.2) is 0 Å². The van der Waals surface area contributed by atoms with Crippen LogP contribution in [0.3, 0.4) is 0 Å². The third-order valence-electron chi connectivity index (χ3n) is 5.03. The summed E-state index contributed by atoms with van der Waals surface area (Å²) in [4.78, 5) is 14.5. The minimum Gasteiger partial charge on any atom is -0.494 e. The van der Waals surface area contributed by atoms with Gasteiger partial charge >= 0.3 is 0 Å². The number of nitrogens with zero attached hydrogens (tertiary/aromatic N) is 2. The number of carbonyl (C=O) groups is 1. The van der Waals surface area contributed by atoms with Crippen molar-refractivity contribution in [2.24, 2.45) is 5.41 Å². The molecule has 1 saturated heterocycles. The summed E-state index contributed by atoms with van der Waals surface area (Å²) in [6, 6.07) is 6.37. The Morgan fingerprint density at radius 3 is 2.15 bits per heavy atom. The molecule has 1 aromatic carbocycles. The van der Waals surface area contributed by atoms with Gasteiger partial charge in [0.05, 0.1) is 16.9 Å². The van der Waals surface area contributed by atoms with Gasteiger partial charge in [-0.2, -0.15) is 4.31 Å². The first-order valence-electron chi connectivity index (χ1n) is 8.52. The summed E-state index contributed by atoms with van der Waals surface area (Å²) in [6.07, 6.45) is 0.423. The van der Waals surface area contributed by atoms with Gasteiger partial charge in [-0.15, -0.1) is 23.2 Å². The highest BCUT2D eigenvalue weighted by atomic mass is 35.5. The van der Waals surface area contributed by atoms with Crippen LogP contribution in [0.4, 0.5) is 0 Å². The maximum absolute atomic E-state index is 12.8. The van der Waals surface area contributed by atoms with Gasteiger partial charge in [-0.1, -0.05) is 0 Å². The van der Waals surface area contributed by atoms with Crippen LogP contribution in [0.5, 0.6) is 5.75 Å². The second-order valence-corrected chi connectivity index (χ2v) is 10.2. The Kier molecular flexibility index (Phi) is 5.20. The van der Waals surface area contributed by atoms with E-state index in [1.165, 1.54) is 4.31 Å². The highest BCUT2D eigenvalue weighted by molar-refractivity contribution is 7.89. The van der Waals surface area contributed by atoms with Crippen LogP contribution in [0.25, 0.3) is 0 Å². The van der Waals surface area contributed by atoms with E-state index in [0.717, 1.165) is 0 Å². The molecule has 1 aromatic rings. The number of piperazine rings is 1. The fourth-order valence-corrected chi connectivity index (χ4v) is 5.25. The average molecular weight is 421 g/mol. The number of ether oxygens (including phenoxy) is 1. The summed E-state index contributed by atoms with van der Waals surface area (Å²) in [5.74, 6) is 0.519. The lowest BCUT2D eigenvalue weighted by molar-refractivity contribution is -0.137. The van der Waals surface area contributed by atoms with Crippen molar-refractivity contribution in [3.63, 3.8) is 0 Å². The van der Waals surface area contributed by atoms with Crippen molar-refractivity contribution in [1.82, 2.24) is 9.21 Å². The molecular weight excluding hydrogens is 399 g/mol. The number of sulfonamides is 1. The molecule has 3 rings (SSSR count). The predicted octanol–water partition coefficient (Wildman–Crippen LogP) is 2.50. The molecule has 0 radical (unpaired) electrons. The van der Waals surface area contributed by atoms with E-state index in [4.69, 9.17) is 27.9 Å². The topological polar surface area (TPSA) is 66.9 Å². The zero-order valence-electron chi connectivity index (χ0n) is 14.7. The number of carbonyl (C=O) groups excluding carboxylic acids is 1. The second-order valence-electron chi connectivity index (χ2n) is 6.81. The van der Waals surface area contributed by atoms with Gasteiger partial charge in [0, 0.05) is 26.2 Å². The Bertz CT molecular complexity index is 789. The molecule has 144 valence electrons. The maximum atomic E-state index is 12.8. The molecule has 0 N–H and O–H groups in total. The normalized spacial score (nSPS) is 25.8. The Hall–Kier alpha value is -1.02. The van der Waals surface area contributed by atoms with Crippen LogP contribution in [0.1, 0.15) is 20.3 Å². The van der Waals surface area contributed by atoms with Crippen LogP contribution in [-0.4, -0.2) is 60.6 Å². The fraction of sp³-hybridized carbons (Fsp3) is 0.588. The summed E-state index contributed by atoms with van der Waals surface area (Å²) in [7, 11) is -3.60. The summed E-state index contributed by atoms with van der Waals surface area (Å²) in [6.45, 7) is 5.28. The molecule has 2 fully saturated rings. The maximum Gasteiger partial charge on any atom is 0.243 e. The monoisotopic (exact) mass is 420 g/mol. The molecule has 0 aromatic heterocycles. The van der Waals surface area contributed by atoms with E-state index in [1.807, 2.05) is 6.92 Å². The number of amides is 1. The van der Waals surface area contributed by atoms with E-state index in [1.54, 1.807) is 36.1 Å². The molecule has 1 aliphatic heterocycles. The van der Waals surface area contributed by atoms with Gasteiger partial charge in [-0.25, -0.2) is 8.42 Å². The molecule has 0 bridgehead atoms. The average Bonchev–Trinajstić information content (AvgIpc) is 3.14. The largest absolute Gasteiger partial charge is 0.494 e. The Labute approximate surface area is 164 Å². The molecule has 2 aliphatic rings. The van der Waals surface area contributed by atoms with E-state index in [2.05, 4.69) is 0 Å². The van der Waals surface area contributed by atoms with Crippen LogP contribution in [0.15, 0.2) is 29.2 Å². The molecule has 0 spiro atoms. The second kappa shape index (κ2) is 6.86.